The Hall–Kier alpha value is -2.62. The topological polar surface area (TPSA) is 125 Å². The molecule has 2 rings (SSSR count). The van der Waals surface area contributed by atoms with Crippen LogP contribution in [0.2, 0.25) is 0 Å². The number of hydrogen-bond acceptors (Lipinski definition) is 4. The lowest BCUT2D eigenvalue weighted by molar-refractivity contribution is -0.139. The summed E-state index contributed by atoms with van der Waals surface area (Å²) >= 11 is 0. The quantitative estimate of drug-likeness (QED) is 0.467. The third kappa shape index (κ3) is 4.51. The van der Waals surface area contributed by atoms with Crippen molar-refractivity contribution in [1.82, 2.24) is 10.2 Å². The predicted molar refractivity (Wildman–Crippen MR) is 88.4 cm³/mol. The molecule has 6 N–H and O–H groups in total. The molecule has 2 amide bonds. The van der Waals surface area contributed by atoms with Gasteiger partial charge in [-0.15, -0.1) is 0 Å². The minimum atomic E-state index is -4.63. The van der Waals surface area contributed by atoms with E-state index in [0.717, 1.165) is 6.07 Å². The van der Waals surface area contributed by atoms with Crippen LogP contribution in [0.4, 0.5) is 13.2 Å². The van der Waals surface area contributed by atoms with Crippen LogP contribution in [0.25, 0.3) is 0 Å². The Balaban J connectivity index is 2.27. The monoisotopic (exact) mass is 371 g/mol. The van der Waals surface area contributed by atoms with Crippen molar-refractivity contribution >= 4 is 17.8 Å². The zero-order chi connectivity index (χ0) is 19.5. The number of hydrogen-bond donors (Lipinski definition) is 4. The summed E-state index contributed by atoms with van der Waals surface area (Å²) in [4.78, 5) is 25.0. The van der Waals surface area contributed by atoms with E-state index in [4.69, 9.17) is 16.9 Å². The number of nitrogens with one attached hydrogen (secondary N) is 2. The standard InChI is InChI=1S/C16H20F3N5O2/c17-16(18,19)12-7-10(14(26)23-15(21)22)1-2-11(12)9-3-5-24(6-4-9)13(25)8-20/h1-2,7,9H,3-6,8,20H2,(H4,21,22,23,26). The number of halogens is 3. The highest BCUT2D eigenvalue weighted by atomic mass is 19.4. The number of guanidine groups is 1. The van der Waals surface area contributed by atoms with Crippen LogP contribution in [0.15, 0.2) is 18.2 Å². The SMILES string of the molecule is N=C(N)NC(=O)c1ccc(C2CCN(C(=O)CN)CC2)c(C(F)(F)F)c1. The second-order valence-corrected chi connectivity index (χ2v) is 6.03. The first-order chi connectivity index (χ1) is 12.1. The molecule has 0 saturated carbocycles. The summed E-state index contributed by atoms with van der Waals surface area (Å²) in [7, 11) is 0. The van der Waals surface area contributed by atoms with Crippen LogP contribution in [0.1, 0.15) is 40.2 Å². The lowest BCUT2D eigenvalue weighted by atomic mass is 9.85. The van der Waals surface area contributed by atoms with E-state index in [2.05, 4.69) is 0 Å². The number of nitrogens with two attached hydrogens (primary N) is 2. The molecule has 1 fully saturated rings. The Bertz CT molecular complexity index is 712. The molecular weight excluding hydrogens is 351 g/mol. The molecule has 7 nitrogen and oxygen atoms in total. The minimum Gasteiger partial charge on any atom is -0.370 e. The third-order valence-electron chi connectivity index (χ3n) is 4.33. The number of nitrogens with zero attached hydrogens (tertiary/aromatic N) is 1. The van der Waals surface area contributed by atoms with E-state index in [0.29, 0.717) is 25.9 Å². The van der Waals surface area contributed by atoms with Gasteiger partial charge >= 0.3 is 6.18 Å². The molecule has 0 unspecified atom stereocenters. The van der Waals surface area contributed by atoms with Gasteiger partial charge in [-0.1, -0.05) is 6.07 Å². The van der Waals surface area contributed by atoms with Crippen LogP contribution < -0.4 is 16.8 Å². The summed E-state index contributed by atoms with van der Waals surface area (Å²) in [6.07, 6.45) is -3.87. The summed E-state index contributed by atoms with van der Waals surface area (Å²) in [6.45, 7) is 0.549. The molecule has 26 heavy (non-hydrogen) atoms. The van der Waals surface area contributed by atoms with Crippen LogP contribution >= 0.6 is 0 Å². The molecule has 0 bridgehead atoms. The summed E-state index contributed by atoms with van der Waals surface area (Å²) in [5, 5.41) is 8.97. The summed E-state index contributed by atoms with van der Waals surface area (Å²) in [5.74, 6) is -2.13. The van der Waals surface area contributed by atoms with Crippen LogP contribution in [-0.2, 0) is 11.0 Å². The Morgan fingerprint density at radius 3 is 2.38 bits per heavy atom. The number of benzene rings is 1. The molecule has 10 heteroatoms. The van der Waals surface area contributed by atoms with Crippen molar-refractivity contribution in [3.05, 3.63) is 34.9 Å². The van der Waals surface area contributed by atoms with Gasteiger partial charge in [0, 0.05) is 18.7 Å². The van der Waals surface area contributed by atoms with E-state index in [9.17, 15) is 22.8 Å². The van der Waals surface area contributed by atoms with Gasteiger partial charge in [0.2, 0.25) is 5.91 Å². The number of likely N-dealkylation sites (tertiary alicyclic amines) is 1. The summed E-state index contributed by atoms with van der Waals surface area (Å²) in [6, 6.07) is 3.33. The van der Waals surface area contributed by atoms with E-state index in [-0.39, 0.29) is 29.5 Å². The fraction of sp³-hybridized carbons (Fsp3) is 0.438. The van der Waals surface area contributed by atoms with Crippen molar-refractivity contribution in [2.75, 3.05) is 19.6 Å². The van der Waals surface area contributed by atoms with Crippen LogP contribution in [-0.4, -0.2) is 42.3 Å². The van der Waals surface area contributed by atoms with Crippen LogP contribution in [0, 0.1) is 5.41 Å². The predicted octanol–water partition coefficient (Wildman–Crippen LogP) is 0.993. The highest BCUT2D eigenvalue weighted by Crippen LogP contribution is 2.39. The Labute approximate surface area is 148 Å². The van der Waals surface area contributed by atoms with Crippen molar-refractivity contribution in [1.29, 1.82) is 5.41 Å². The van der Waals surface area contributed by atoms with Gasteiger partial charge in [-0.25, -0.2) is 0 Å². The van der Waals surface area contributed by atoms with Gasteiger partial charge in [0.15, 0.2) is 5.96 Å². The maximum atomic E-state index is 13.5. The zero-order valence-electron chi connectivity index (χ0n) is 13.9. The lowest BCUT2D eigenvalue weighted by Gasteiger charge is -2.33. The third-order valence-corrected chi connectivity index (χ3v) is 4.33. The largest absolute Gasteiger partial charge is 0.416 e. The molecule has 0 aliphatic carbocycles. The number of alkyl halides is 3. The number of piperidine rings is 1. The molecule has 0 spiro atoms. The number of amides is 2. The normalized spacial score (nSPS) is 15.6. The van der Waals surface area contributed by atoms with E-state index >= 15 is 0 Å². The second kappa shape index (κ2) is 7.73. The van der Waals surface area contributed by atoms with Gasteiger partial charge in [-0.2, -0.15) is 13.2 Å². The van der Waals surface area contributed by atoms with Crippen LogP contribution in [0.3, 0.4) is 0 Å². The van der Waals surface area contributed by atoms with Gasteiger partial charge in [0.05, 0.1) is 12.1 Å². The van der Waals surface area contributed by atoms with E-state index < -0.39 is 23.6 Å². The molecule has 0 atom stereocenters. The van der Waals surface area contributed by atoms with Crippen LogP contribution in [0.5, 0.6) is 0 Å². The highest BCUT2D eigenvalue weighted by Gasteiger charge is 2.37. The molecule has 1 aliphatic heterocycles. The highest BCUT2D eigenvalue weighted by molar-refractivity contribution is 6.04. The molecule has 1 heterocycles. The summed E-state index contributed by atoms with van der Waals surface area (Å²) in [5.41, 5.74) is 9.32. The minimum absolute atomic E-state index is 0.0942. The first kappa shape index (κ1) is 19.7. The van der Waals surface area contributed by atoms with E-state index in [1.54, 1.807) is 4.90 Å². The average Bonchev–Trinajstić information content (AvgIpc) is 2.59. The molecule has 0 aromatic heterocycles. The number of carbonyl (C=O) groups excluding carboxylic acids is 2. The zero-order valence-corrected chi connectivity index (χ0v) is 13.9. The maximum absolute atomic E-state index is 13.5. The van der Waals surface area contributed by atoms with Crippen molar-refractivity contribution in [2.45, 2.75) is 24.9 Å². The molecule has 1 aliphatic rings. The molecule has 1 aromatic carbocycles. The first-order valence-corrected chi connectivity index (χ1v) is 7.97. The molecule has 1 saturated heterocycles. The van der Waals surface area contributed by atoms with Gasteiger partial charge in [-0.05, 0) is 36.5 Å². The number of rotatable bonds is 3. The number of carbonyl (C=O) groups is 2. The van der Waals surface area contributed by atoms with Gasteiger partial charge in [-0.3, -0.25) is 20.3 Å². The van der Waals surface area contributed by atoms with E-state index in [1.807, 2.05) is 5.32 Å². The molecule has 142 valence electrons. The van der Waals surface area contributed by atoms with Crippen molar-refractivity contribution in [3.8, 4) is 0 Å². The smallest absolute Gasteiger partial charge is 0.370 e. The Morgan fingerprint density at radius 2 is 1.88 bits per heavy atom. The first-order valence-electron chi connectivity index (χ1n) is 7.97. The Kier molecular flexibility index (Phi) is 5.86. The fourth-order valence-corrected chi connectivity index (χ4v) is 3.06. The Morgan fingerprint density at radius 1 is 1.27 bits per heavy atom. The van der Waals surface area contributed by atoms with Gasteiger partial charge < -0.3 is 16.4 Å². The average molecular weight is 371 g/mol. The molecule has 1 aromatic rings. The van der Waals surface area contributed by atoms with Gasteiger partial charge in [0.1, 0.15) is 0 Å². The van der Waals surface area contributed by atoms with Crippen molar-refractivity contribution < 1.29 is 22.8 Å². The maximum Gasteiger partial charge on any atom is 0.416 e. The summed E-state index contributed by atoms with van der Waals surface area (Å²) < 4.78 is 40.5. The lowest BCUT2D eigenvalue weighted by Crippen LogP contribution is -2.41. The fourth-order valence-electron chi connectivity index (χ4n) is 3.06. The van der Waals surface area contributed by atoms with Crippen molar-refractivity contribution in [2.24, 2.45) is 11.5 Å². The van der Waals surface area contributed by atoms with Crippen molar-refractivity contribution in [3.63, 3.8) is 0 Å². The van der Waals surface area contributed by atoms with E-state index in [1.165, 1.54) is 12.1 Å². The second-order valence-electron chi connectivity index (χ2n) is 6.03. The van der Waals surface area contributed by atoms with Gasteiger partial charge in [0.25, 0.3) is 5.91 Å². The molecular formula is C16H20F3N5O2. The molecule has 0 radical (unpaired) electrons.